The van der Waals surface area contributed by atoms with Gasteiger partial charge < -0.3 is 15.8 Å². The number of nitrogens with zero attached hydrogens (tertiary/aromatic N) is 1. The molecule has 2 aromatic rings. The summed E-state index contributed by atoms with van der Waals surface area (Å²) in [5.41, 5.74) is 8.75. The number of halogens is 1. The molecule has 2 rings (SSSR count). The molecule has 0 aliphatic rings. The van der Waals surface area contributed by atoms with Crippen molar-refractivity contribution in [2.24, 2.45) is 0 Å². The predicted molar refractivity (Wildman–Crippen MR) is 107 cm³/mol. The average molecular weight is 376 g/mol. The van der Waals surface area contributed by atoms with E-state index in [0.717, 1.165) is 12.1 Å². The molecule has 3 N–H and O–H groups in total. The van der Waals surface area contributed by atoms with Gasteiger partial charge in [-0.15, -0.1) is 0 Å². The van der Waals surface area contributed by atoms with Gasteiger partial charge in [0.1, 0.15) is 5.75 Å². The number of benzene rings is 2. The van der Waals surface area contributed by atoms with Crippen LogP contribution in [0.15, 0.2) is 36.4 Å². The van der Waals surface area contributed by atoms with Gasteiger partial charge >= 0.3 is 0 Å². The third kappa shape index (κ3) is 5.13. The zero-order chi connectivity index (χ0) is 19.3. The van der Waals surface area contributed by atoms with Crippen LogP contribution in [0.3, 0.4) is 0 Å². The fourth-order valence-electron chi connectivity index (χ4n) is 2.50. The Labute approximate surface area is 160 Å². The molecule has 0 aliphatic carbocycles. The molecule has 0 atom stereocenters. The smallest absolute Gasteiger partial charge is 0.255 e. The summed E-state index contributed by atoms with van der Waals surface area (Å²) in [7, 11) is 3.59. The van der Waals surface area contributed by atoms with Gasteiger partial charge in [-0.25, -0.2) is 0 Å². The number of hydrogen-bond donors (Lipinski definition) is 2. The maximum Gasteiger partial charge on any atom is 0.255 e. The maximum atomic E-state index is 12.5. The van der Waals surface area contributed by atoms with Crippen LogP contribution in [-0.4, -0.2) is 31.0 Å². The van der Waals surface area contributed by atoms with Gasteiger partial charge in [-0.3, -0.25) is 9.69 Å². The van der Waals surface area contributed by atoms with Crippen molar-refractivity contribution in [3.63, 3.8) is 0 Å². The third-order valence-electron chi connectivity index (χ3n) is 4.32. The maximum absolute atomic E-state index is 12.5. The first-order valence-corrected chi connectivity index (χ1v) is 8.89. The lowest BCUT2D eigenvalue weighted by molar-refractivity contribution is 0.0948. The van der Waals surface area contributed by atoms with E-state index >= 15 is 0 Å². The SMILES string of the molecule is COc1cc(N)c(Cl)cc1C(=O)NCc1cccc(CN(C)C(C)C)c1. The number of hydrogen-bond acceptors (Lipinski definition) is 4. The van der Waals surface area contributed by atoms with Crippen molar-refractivity contribution in [3.05, 3.63) is 58.1 Å². The first-order valence-electron chi connectivity index (χ1n) is 8.51. The zero-order valence-electron chi connectivity index (χ0n) is 15.7. The minimum atomic E-state index is -0.256. The lowest BCUT2D eigenvalue weighted by Crippen LogP contribution is -2.26. The van der Waals surface area contributed by atoms with Crippen LogP contribution in [0.5, 0.6) is 5.75 Å². The second-order valence-corrected chi connectivity index (χ2v) is 6.99. The molecule has 0 heterocycles. The molecule has 0 spiro atoms. The van der Waals surface area contributed by atoms with Crippen molar-refractivity contribution in [1.82, 2.24) is 10.2 Å². The quantitative estimate of drug-likeness (QED) is 0.724. The third-order valence-corrected chi connectivity index (χ3v) is 4.65. The second-order valence-electron chi connectivity index (χ2n) is 6.59. The van der Waals surface area contributed by atoms with Crippen LogP contribution in [0.1, 0.15) is 35.3 Å². The Balaban J connectivity index is 2.07. The topological polar surface area (TPSA) is 67.6 Å². The predicted octanol–water partition coefficient (Wildman–Crippen LogP) is 3.70. The molecule has 26 heavy (non-hydrogen) atoms. The highest BCUT2D eigenvalue weighted by atomic mass is 35.5. The summed E-state index contributed by atoms with van der Waals surface area (Å²) in [6.45, 7) is 5.61. The molecule has 1 amide bonds. The highest BCUT2D eigenvalue weighted by Gasteiger charge is 2.15. The van der Waals surface area contributed by atoms with Gasteiger partial charge in [-0.1, -0.05) is 35.9 Å². The molecule has 140 valence electrons. The van der Waals surface area contributed by atoms with Gasteiger partial charge in [0, 0.05) is 25.2 Å². The number of carbonyl (C=O) groups is 1. The van der Waals surface area contributed by atoms with Crippen molar-refractivity contribution in [2.45, 2.75) is 33.0 Å². The first-order chi connectivity index (χ1) is 12.3. The molecule has 6 heteroatoms. The average Bonchev–Trinajstić information content (AvgIpc) is 2.61. The lowest BCUT2D eigenvalue weighted by Gasteiger charge is -2.21. The number of nitrogens with two attached hydrogens (primary N) is 1. The summed E-state index contributed by atoms with van der Waals surface area (Å²) in [6.07, 6.45) is 0. The molecule has 0 bridgehead atoms. The van der Waals surface area contributed by atoms with E-state index in [1.165, 1.54) is 18.7 Å². The lowest BCUT2D eigenvalue weighted by atomic mass is 10.1. The molecule has 0 aromatic heterocycles. The highest BCUT2D eigenvalue weighted by Crippen LogP contribution is 2.28. The standard InChI is InChI=1S/C20H26ClN3O2/c1-13(2)24(3)12-15-7-5-6-14(8-15)11-23-20(25)16-9-17(21)18(22)10-19(16)26-4/h5-10,13H,11-12,22H2,1-4H3,(H,23,25). The van der Waals surface area contributed by atoms with E-state index in [-0.39, 0.29) is 5.91 Å². The number of amides is 1. The van der Waals surface area contributed by atoms with Crippen molar-refractivity contribution in [3.8, 4) is 5.75 Å². The summed E-state index contributed by atoms with van der Waals surface area (Å²) in [4.78, 5) is 14.8. The Hall–Kier alpha value is -2.24. The zero-order valence-corrected chi connectivity index (χ0v) is 16.4. The molecule has 0 unspecified atom stereocenters. The van der Waals surface area contributed by atoms with Gasteiger partial charge in [0.05, 0.1) is 23.4 Å². The summed E-state index contributed by atoms with van der Waals surface area (Å²) < 4.78 is 5.23. The van der Waals surface area contributed by atoms with Crippen LogP contribution in [0.25, 0.3) is 0 Å². The van der Waals surface area contributed by atoms with Crippen molar-refractivity contribution in [2.75, 3.05) is 19.9 Å². The van der Waals surface area contributed by atoms with E-state index in [4.69, 9.17) is 22.1 Å². The Morgan fingerprint density at radius 3 is 2.62 bits per heavy atom. The number of rotatable bonds is 7. The molecule has 2 aromatic carbocycles. The normalized spacial score (nSPS) is 11.0. The van der Waals surface area contributed by atoms with Gasteiger partial charge in [0.25, 0.3) is 5.91 Å². The Morgan fingerprint density at radius 1 is 1.27 bits per heavy atom. The van der Waals surface area contributed by atoms with E-state index in [1.807, 2.05) is 12.1 Å². The van der Waals surface area contributed by atoms with Gasteiger partial charge in [-0.05, 0) is 38.1 Å². The summed E-state index contributed by atoms with van der Waals surface area (Å²) in [5.74, 6) is 0.144. The number of nitrogens with one attached hydrogen (secondary N) is 1. The van der Waals surface area contributed by atoms with Crippen LogP contribution >= 0.6 is 11.6 Å². The van der Waals surface area contributed by atoms with Crippen LogP contribution in [0, 0.1) is 0 Å². The van der Waals surface area contributed by atoms with E-state index in [9.17, 15) is 4.79 Å². The van der Waals surface area contributed by atoms with Crippen molar-refractivity contribution in [1.29, 1.82) is 0 Å². The van der Waals surface area contributed by atoms with E-state index in [2.05, 4.69) is 43.2 Å². The fourth-order valence-corrected chi connectivity index (χ4v) is 2.67. The Kier molecular flexibility index (Phi) is 6.89. The Morgan fingerprint density at radius 2 is 1.96 bits per heavy atom. The highest BCUT2D eigenvalue weighted by molar-refractivity contribution is 6.33. The first kappa shape index (κ1) is 20.1. The molecular formula is C20H26ClN3O2. The molecule has 0 aliphatic heterocycles. The van der Waals surface area contributed by atoms with E-state index in [0.29, 0.717) is 34.6 Å². The summed E-state index contributed by atoms with van der Waals surface area (Å²) in [6, 6.07) is 11.7. The minimum absolute atomic E-state index is 0.256. The van der Waals surface area contributed by atoms with Crippen LogP contribution < -0.4 is 15.8 Å². The molecule has 0 saturated heterocycles. The van der Waals surface area contributed by atoms with Gasteiger partial charge in [0.2, 0.25) is 0 Å². The number of anilines is 1. The van der Waals surface area contributed by atoms with Crippen LogP contribution in [0.4, 0.5) is 5.69 Å². The summed E-state index contributed by atoms with van der Waals surface area (Å²) in [5, 5.41) is 3.24. The number of methoxy groups -OCH3 is 1. The number of carbonyl (C=O) groups excluding carboxylic acids is 1. The van der Waals surface area contributed by atoms with Crippen LogP contribution in [0.2, 0.25) is 5.02 Å². The molecular weight excluding hydrogens is 350 g/mol. The largest absolute Gasteiger partial charge is 0.496 e. The van der Waals surface area contributed by atoms with Gasteiger partial charge in [-0.2, -0.15) is 0 Å². The summed E-state index contributed by atoms with van der Waals surface area (Å²) >= 11 is 6.03. The molecule has 0 radical (unpaired) electrons. The van der Waals surface area contributed by atoms with E-state index < -0.39 is 0 Å². The molecule has 5 nitrogen and oxygen atoms in total. The molecule has 0 fully saturated rings. The second kappa shape index (κ2) is 8.92. The van der Waals surface area contributed by atoms with Crippen molar-refractivity contribution < 1.29 is 9.53 Å². The minimum Gasteiger partial charge on any atom is -0.496 e. The Bertz CT molecular complexity index is 778. The number of ether oxygens (including phenoxy) is 1. The molecule has 0 saturated carbocycles. The number of nitrogen functional groups attached to an aromatic ring is 1. The van der Waals surface area contributed by atoms with Crippen molar-refractivity contribution >= 4 is 23.2 Å². The monoisotopic (exact) mass is 375 g/mol. The van der Waals surface area contributed by atoms with Crippen LogP contribution in [-0.2, 0) is 13.1 Å². The van der Waals surface area contributed by atoms with Gasteiger partial charge in [0.15, 0.2) is 0 Å². The van der Waals surface area contributed by atoms with E-state index in [1.54, 1.807) is 6.07 Å². The fraction of sp³-hybridized carbons (Fsp3) is 0.350.